The Morgan fingerprint density at radius 2 is 1.78 bits per heavy atom. The summed E-state index contributed by atoms with van der Waals surface area (Å²) in [6.07, 6.45) is 3.07. The van der Waals surface area contributed by atoms with Gasteiger partial charge in [0, 0.05) is 12.6 Å². The molecule has 5 heteroatoms. The number of hydrogen-bond acceptors (Lipinski definition) is 3. The van der Waals surface area contributed by atoms with Crippen molar-refractivity contribution in [3.63, 3.8) is 0 Å². The highest BCUT2D eigenvalue weighted by molar-refractivity contribution is 5.95. The first-order valence-corrected chi connectivity index (χ1v) is 9.51. The van der Waals surface area contributed by atoms with E-state index in [0.29, 0.717) is 24.2 Å². The molecule has 0 aromatic heterocycles. The molecule has 3 rings (SSSR count). The molecule has 0 saturated heterocycles. The summed E-state index contributed by atoms with van der Waals surface area (Å²) in [5.74, 6) is 1.18. The second-order valence-corrected chi connectivity index (χ2v) is 8.17. The SMILES string of the molecule is CC(C)(C)c1ccc(O)c(NC(=NCCc2ccc(O)cc2)NC2CC2)c1. The van der Waals surface area contributed by atoms with Crippen LogP contribution >= 0.6 is 0 Å². The van der Waals surface area contributed by atoms with E-state index < -0.39 is 0 Å². The van der Waals surface area contributed by atoms with Gasteiger partial charge in [-0.05, 0) is 60.1 Å². The topological polar surface area (TPSA) is 76.9 Å². The lowest BCUT2D eigenvalue weighted by molar-refractivity contribution is 0.475. The monoisotopic (exact) mass is 367 g/mol. The minimum Gasteiger partial charge on any atom is -0.508 e. The number of phenols is 2. The molecule has 0 aliphatic heterocycles. The van der Waals surface area contributed by atoms with Gasteiger partial charge in [-0.3, -0.25) is 4.99 Å². The molecule has 1 fully saturated rings. The molecule has 2 aromatic carbocycles. The van der Waals surface area contributed by atoms with E-state index in [1.54, 1.807) is 18.2 Å². The van der Waals surface area contributed by atoms with Gasteiger partial charge in [0.25, 0.3) is 0 Å². The third-order valence-corrected chi connectivity index (χ3v) is 4.64. The summed E-state index contributed by atoms with van der Waals surface area (Å²) in [5.41, 5.74) is 2.95. The molecule has 0 atom stereocenters. The number of aliphatic imine (C=N–C) groups is 1. The standard InChI is InChI=1S/C22H29N3O2/c1-22(2,3)16-6-11-20(27)19(14-16)25-21(24-17-7-8-17)23-13-12-15-4-9-18(26)10-5-15/h4-6,9-11,14,17,26-27H,7-8,12-13H2,1-3H3,(H2,23,24,25). The van der Waals surface area contributed by atoms with Crippen molar-refractivity contribution < 1.29 is 10.2 Å². The maximum Gasteiger partial charge on any atom is 0.196 e. The smallest absolute Gasteiger partial charge is 0.196 e. The second-order valence-electron chi connectivity index (χ2n) is 8.17. The number of rotatable bonds is 5. The van der Waals surface area contributed by atoms with Crippen molar-refractivity contribution in [3.05, 3.63) is 53.6 Å². The Balaban J connectivity index is 1.71. The summed E-state index contributed by atoms with van der Waals surface area (Å²) in [6.45, 7) is 7.07. The summed E-state index contributed by atoms with van der Waals surface area (Å²) < 4.78 is 0. The molecule has 0 spiro atoms. The van der Waals surface area contributed by atoms with Crippen molar-refractivity contribution in [2.75, 3.05) is 11.9 Å². The first-order chi connectivity index (χ1) is 12.8. The molecule has 1 aliphatic carbocycles. The Hall–Kier alpha value is -2.69. The molecular weight excluding hydrogens is 338 g/mol. The number of hydrogen-bond donors (Lipinski definition) is 4. The maximum absolute atomic E-state index is 10.3. The van der Waals surface area contributed by atoms with Gasteiger partial charge < -0.3 is 20.8 Å². The van der Waals surface area contributed by atoms with E-state index in [1.165, 1.54) is 0 Å². The molecule has 1 aliphatic rings. The molecule has 0 amide bonds. The molecule has 144 valence electrons. The third kappa shape index (κ3) is 5.64. The van der Waals surface area contributed by atoms with Crippen LogP contribution in [0, 0.1) is 0 Å². The molecule has 0 unspecified atom stereocenters. The van der Waals surface area contributed by atoms with Crippen LogP contribution in [0.4, 0.5) is 5.69 Å². The fourth-order valence-corrected chi connectivity index (χ4v) is 2.73. The zero-order valence-corrected chi connectivity index (χ0v) is 16.3. The van der Waals surface area contributed by atoms with Gasteiger partial charge in [0.05, 0.1) is 5.69 Å². The molecular formula is C22H29N3O2. The van der Waals surface area contributed by atoms with E-state index in [2.05, 4.69) is 36.4 Å². The summed E-state index contributed by atoms with van der Waals surface area (Å²) in [4.78, 5) is 4.67. The Morgan fingerprint density at radius 3 is 2.41 bits per heavy atom. The normalized spacial score (nSPS) is 14.9. The Morgan fingerprint density at radius 1 is 1.07 bits per heavy atom. The lowest BCUT2D eigenvalue weighted by atomic mass is 9.87. The predicted molar refractivity (Wildman–Crippen MR) is 111 cm³/mol. The highest BCUT2D eigenvalue weighted by Crippen LogP contribution is 2.31. The summed E-state index contributed by atoms with van der Waals surface area (Å²) >= 11 is 0. The fraction of sp³-hybridized carbons (Fsp3) is 0.409. The maximum atomic E-state index is 10.3. The molecule has 0 heterocycles. The van der Waals surface area contributed by atoms with Crippen molar-refractivity contribution >= 4 is 11.6 Å². The number of guanidine groups is 1. The van der Waals surface area contributed by atoms with Gasteiger partial charge in [0.2, 0.25) is 0 Å². The van der Waals surface area contributed by atoms with Gasteiger partial charge in [-0.15, -0.1) is 0 Å². The van der Waals surface area contributed by atoms with Crippen molar-refractivity contribution in [2.45, 2.75) is 51.5 Å². The number of aromatic hydroxyl groups is 2. The first kappa shape index (κ1) is 19.1. The Kier molecular flexibility index (Phi) is 5.59. The van der Waals surface area contributed by atoms with Gasteiger partial charge in [-0.2, -0.15) is 0 Å². The average Bonchev–Trinajstić information content (AvgIpc) is 3.41. The summed E-state index contributed by atoms with van der Waals surface area (Å²) in [6, 6.07) is 13.3. The Labute approximate surface area is 161 Å². The molecule has 27 heavy (non-hydrogen) atoms. The van der Waals surface area contributed by atoms with E-state index in [9.17, 15) is 10.2 Å². The van der Waals surface area contributed by atoms with Crippen LogP contribution < -0.4 is 10.6 Å². The Bertz CT molecular complexity index is 803. The lowest BCUT2D eigenvalue weighted by Gasteiger charge is -2.21. The number of phenolic OH excluding ortho intramolecular Hbond substituents is 2. The fourth-order valence-electron chi connectivity index (χ4n) is 2.73. The quantitative estimate of drug-likeness (QED) is 0.364. The molecule has 5 nitrogen and oxygen atoms in total. The molecule has 4 N–H and O–H groups in total. The third-order valence-electron chi connectivity index (χ3n) is 4.64. The van der Waals surface area contributed by atoms with Crippen LogP contribution in [0.5, 0.6) is 11.5 Å². The summed E-state index contributed by atoms with van der Waals surface area (Å²) in [5, 5.41) is 26.3. The van der Waals surface area contributed by atoms with Crippen LogP contribution in [0.1, 0.15) is 44.7 Å². The molecule has 2 aromatic rings. The van der Waals surface area contributed by atoms with Crippen molar-refractivity contribution in [2.24, 2.45) is 4.99 Å². The van der Waals surface area contributed by atoms with E-state index in [1.807, 2.05) is 24.3 Å². The zero-order chi connectivity index (χ0) is 19.4. The second kappa shape index (κ2) is 7.91. The van der Waals surface area contributed by atoms with Crippen LogP contribution in [0.15, 0.2) is 47.5 Å². The average molecular weight is 367 g/mol. The van der Waals surface area contributed by atoms with Crippen molar-refractivity contribution in [1.82, 2.24) is 5.32 Å². The van der Waals surface area contributed by atoms with Gasteiger partial charge >= 0.3 is 0 Å². The van der Waals surface area contributed by atoms with Crippen LogP contribution in [0.3, 0.4) is 0 Å². The van der Waals surface area contributed by atoms with Crippen LogP contribution in [0.2, 0.25) is 0 Å². The molecule has 0 radical (unpaired) electrons. The van der Waals surface area contributed by atoms with Gasteiger partial charge in [0.15, 0.2) is 5.96 Å². The largest absolute Gasteiger partial charge is 0.508 e. The molecule has 1 saturated carbocycles. The lowest BCUT2D eigenvalue weighted by Crippen LogP contribution is -2.33. The van der Waals surface area contributed by atoms with Gasteiger partial charge in [-0.1, -0.05) is 39.0 Å². The first-order valence-electron chi connectivity index (χ1n) is 9.51. The van der Waals surface area contributed by atoms with E-state index in [4.69, 9.17) is 0 Å². The van der Waals surface area contributed by atoms with Crippen LogP contribution in [0.25, 0.3) is 0 Å². The van der Waals surface area contributed by atoms with Crippen LogP contribution in [-0.4, -0.2) is 28.8 Å². The zero-order valence-electron chi connectivity index (χ0n) is 16.3. The van der Waals surface area contributed by atoms with Crippen LogP contribution in [-0.2, 0) is 11.8 Å². The number of nitrogens with zero attached hydrogens (tertiary/aromatic N) is 1. The minimum atomic E-state index is 0.00419. The van der Waals surface area contributed by atoms with E-state index >= 15 is 0 Å². The summed E-state index contributed by atoms with van der Waals surface area (Å²) in [7, 11) is 0. The molecule has 0 bridgehead atoms. The number of benzene rings is 2. The highest BCUT2D eigenvalue weighted by atomic mass is 16.3. The highest BCUT2D eigenvalue weighted by Gasteiger charge is 2.23. The number of nitrogens with one attached hydrogen (secondary N) is 2. The van der Waals surface area contributed by atoms with Crippen molar-refractivity contribution in [3.8, 4) is 11.5 Å². The van der Waals surface area contributed by atoms with Gasteiger partial charge in [0.1, 0.15) is 11.5 Å². The van der Waals surface area contributed by atoms with E-state index in [0.717, 1.165) is 30.4 Å². The van der Waals surface area contributed by atoms with Crippen molar-refractivity contribution in [1.29, 1.82) is 0 Å². The van der Waals surface area contributed by atoms with E-state index in [-0.39, 0.29) is 16.9 Å². The number of anilines is 1. The predicted octanol–water partition coefficient (Wildman–Crippen LogP) is 4.16. The van der Waals surface area contributed by atoms with Gasteiger partial charge in [-0.25, -0.2) is 0 Å². The minimum absolute atomic E-state index is 0.00419.